The third-order valence-corrected chi connectivity index (χ3v) is 5.34. The van der Waals surface area contributed by atoms with Gasteiger partial charge in [-0.2, -0.15) is 0 Å². The summed E-state index contributed by atoms with van der Waals surface area (Å²) in [4.78, 5) is 4.75. The zero-order valence-electron chi connectivity index (χ0n) is 10.6. The number of nitrogens with one attached hydrogen (secondary N) is 1. The van der Waals surface area contributed by atoms with Crippen LogP contribution in [0.3, 0.4) is 0 Å². The van der Waals surface area contributed by atoms with Crippen LogP contribution in [0.2, 0.25) is 0 Å². The maximum atomic E-state index is 4.75. The molecule has 1 saturated carbocycles. The molecule has 2 unspecified atom stereocenters. The quantitative estimate of drug-likeness (QED) is 0.871. The summed E-state index contributed by atoms with van der Waals surface area (Å²) >= 11 is 1.81. The van der Waals surface area contributed by atoms with Crippen molar-refractivity contribution in [3.63, 3.8) is 0 Å². The number of rotatable bonds is 2. The van der Waals surface area contributed by atoms with Crippen molar-refractivity contribution in [1.29, 1.82) is 0 Å². The number of hydrogen-bond donors (Lipinski definition) is 1. The molecule has 1 saturated heterocycles. The number of piperidine rings is 1. The third-order valence-electron chi connectivity index (χ3n) is 4.55. The zero-order chi connectivity index (χ0) is 11.7. The molecular formula is C14H22N2S. The smallest absolute Gasteiger partial charge is 0.0897 e. The number of hydrogen-bond acceptors (Lipinski definition) is 3. The second-order valence-electron chi connectivity index (χ2n) is 5.60. The van der Waals surface area contributed by atoms with E-state index in [2.05, 4.69) is 17.6 Å². The molecule has 3 rings (SSSR count). The number of aromatic nitrogens is 1. The zero-order valence-corrected chi connectivity index (χ0v) is 11.4. The minimum atomic E-state index is 0.726. The first-order valence-electron chi connectivity index (χ1n) is 6.97. The molecule has 2 atom stereocenters. The molecule has 1 aromatic rings. The highest BCUT2D eigenvalue weighted by atomic mass is 32.1. The van der Waals surface area contributed by atoms with E-state index in [-0.39, 0.29) is 0 Å². The van der Waals surface area contributed by atoms with E-state index < -0.39 is 0 Å². The van der Waals surface area contributed by atoms with Gasteiger partial charge in [-0.3, -0.25) is 0 Å². The highest BCUT2D eigenvalue weighted by Crippen LogP contribution is 2.41. The van der Waals surface area contributed by atoms with Crippen LogP contribution in [0.4, 0.5) is 0 Å². The Morgan fingerprint density at radius 1 is 1.29 bits per heavy atom. The summed E-state index contributed by atoms with van der Waals surface area (Å²) in [5, 5.41) is 7.12. The van der Waals surface area contributed by atoms with Crippen LogP contribution in [-0.4, -0.2) is 18.1 Å². The average Bonchev–Trinajstić information content (AvgIpc) is 3.00. The van der Waals surface area contributed by atoms with Gasteiger partial charge in [0.15, 0.2) is 0 Å². The molecular weight excluding hydrogens is 228 g/mol. The SMILES string of the molecule is Cc1nc(C2CCNCC2C2CCCC2)cs1. The van der Waals surface area contributed by atoms with Crippen LogP contribution in [0.1, 0.15) is 48.7 Å². The molecule has 1 aliphatic carbocycles. The van der Waals surface area contributed by atoms with E-state index in [1.54, 1.807) is 0 Å². The predicted molar refractivity (Wildman–Crippen MR) is 72.5 cm³/mol. The van der Waals surface area contributed by atoms with Crippen molar-refractivity contribution in [2.24, 2.45) is 11.8 Å². The number of aryl methyl sites for hydroxylation is 1. The summed E-state index contributed by atoms with van der Waals surface area (Å²) in [5.74, 6) is 2.52. The van der Waals surface area contributed by atoms with Crippen LogP contribution >= 0.6 is 11.3 Å². The summed E-state index contributed by atoms with van der Waals surface area (Å²) in [6.45, 7) is 4.51. The Morgan fingerprint density at radius 3 is 2.82 bits per heavy atom. The summed E-state index contributed by atoms with van der Waals surface area (Å²) in [5.41, 5.74) is 1.38. The lowest BCUT2D eigenvalue weighted by molar-refractivity contribution is 0.228. The van der Waals surface area contributed by atoms with Crippen molar-refractivity contribution in [1.82, 2.24) is 10.3 Å². The van der Waals surface area contributed by atoms with E-state index in [0.717, 1.165) is 17.8 Å². The molecule has 1 aliphatic heterocycles. The van der Waals surface area contributed by atoms with Crippen molar-refractivity contribution in [2.75, 3.05) is 13.1 Å². The fourth-order valence-electron chi connectivity index (χ4n) is 3.68. The fraction of sp³-hybridized carbons (Fsp3) is 0.786. The van der Waals surface area contributed by atoms with Gasteiger partial charge < -0.3 is 5.32 Å². The van der Waals surface area contributed by atoms with E-state index >= 15 is 0 Å². The standard InChI is InChI=1S/C14H22N2S/c1-10-16-14(9-17-10)12-6-7-15-8-13(12)11-4-2-3-5-11/h9,11-13,15H,2-8H2,1H3. The molecule has 2 nitrogen and oxygen atoms in total. The van der Waals surface area contributed by atoms with Crippen LogP contribution in [0.5, 0.6) is 0 Å². The summed E-state index contributed by atoms with van der Waals surface area (Å²) < 4.78 is 0. The molecule has 0 spiro atoms. The minimum Gasteiger partial charge on any atom is -0.316 e. The molecule has 3 heteroatoms. The van der Waals surface area contributed by atoms with Crippen LogP contribution in [0.15, 0.2) is 5.38 Å². The van der Waals surface area contributed by atoms with Gasteiger partial charge in [-0.15, -0.1) is 11.3 Å². The molecule has 94 valence electrons. The van der Waals surface area contributed by atoms with Crippen molar-refractivity contribution in [2.45, 2.75) is 44.9 Å². The molecule has 2 aliphatic rings. The Labute approximate surface area is 108 Å². The fourth-order valence-corrected chi connectivity index (χ4v) is 4.36. The van der Waals surface area contributed by atoms with Gasteiger partial charge in [0.1, 0.15) is 0 Å². The lowest BCUT2D eigenvalue weighted by atomic mass is 9.75. The molecule has 17 heavy (non-hydrogen) atoms. The van der Waals surface area contributed by atoms with Gasteiger partial charge >= 0.3 is 0 Å². The lowest BCUT2D eigenvalue weighted by Crippen LogP contribution is -2.38. The topological polar surface area (TPSA) is 24.9 Å². The summed E-state index contributed by atoms with van der Waals surface area (Å²) in [7, 11) is 0. The predicted octanol–water partition coefficient (Wildman–Crippen LogP) is 3.33. The number of thiazole rings is 1. The minimum absolute atomic E-state index is 0.726. The van der Waals surface area contributed by atoms with Gasteiger partial charge in [0, 0.05) is 11.3 Å². The lowest BCUT2D eigenvalue weighted by Gasteiger charge is -2.35. The van der Waals surface area contributed by atoms with Gasteiger partial charge in [0.25, 0.3) is 0 Å². The maximum Gasteiger partial charge on any atom is 0.0897 e. The van der Waals surface area contributed by atoms with Crippen LogP contribution in [0.25, 0.3) is 0 Å². The van der Waals surface area contributed by atoms with Gasteiger partial charge in [0.2, 0.25) is 0 Å². The highest BCUT2D eigenvalue weighted by molar-refractivity contribution is 7.09. The van der Waals surface area contributed by atoms with E-state index in [1.165, 1.54) is 55.9 Å². The molecule has 2 fully saturated rings. The molecule has 0 amide bonds. The maximum absolute atomic E-state index is 4.75. The van der Waals surface area contributed by atoms with Crippen molar-refractivity contribution in [3.05, 3.63) is 16.1 Å². The van der Waals surface area contributed by atoms with E-state index in [0.29, 0.717) is 0 Å². The molecule has 0 bridgehead atoms. The van der Waals surface area contributed by atoms with Gasteiger partial charge in [0.05, 0.1) is 10.7 Å². The van der Waals surface area contributed by atoms with Crippen molar-refractivity contribution >= 4 is 11.3 Å². The van der Waals surface area contributed by atoms with Crippen LogP contribution < -0.4 is 5.32 Å². The Hall–Kier alpha value is -0.410. The first-order chi connectivity index (χ1) is 8.34. The Balaban J connectivity index is 1.79. The molecule has 1 N–H and O–H groups in total. The highest BCUT2D eigenvalue weighted by Gasteiger charge is 2.35. The second-order valence-corrected chi connectivity index (χ2v) is 6.66. The van der Waals surface area contributed by atoms with E-state index in [9.17, 15) is 0 Å². The van der Waals surface area contributed by atoms with Crippen LogP contribution in [-0.2, 0) is 0 Å². The van der Waals surface area contributed by atoms with Gasteiger partial charge in [-0.25, -0.2) is 4.98 Å². The summed E-state index contributed by atoms with van der Waals surface area (Å²) in [6, 6.07) is 0. The molecule has 0 radical (unpaired) electrons. The van der Waals surface area contributed by atoms with E-state index in [4.69, 9.17) is 4.98 Å². The Morgan fingerprint density at radius 2 is 2.12 bits per heavy atom. The van der Waals surface area contributed by atoms with Gasteiger partial charge in [-0.05, 0) is 38.3 Å². The van der Waals surface area contributed by atoms with Gasteiger partial charge in [-0.1, -0.05) is 25.7 Å². The summed E-state index contributed by atoms with van der Waals surface area (Å²) in [6.07, 6.45) is 7.08. The van der Waals surface area contributed by atoms with Crippen molar-refractivity contribution < 1.29 is 0 Å². The first kappa shape index (κ1) is 11.7. The third kappa shape index (κ3) is 2.41. The van der Waals surface area contributed by atoms with Crippen LogP contribution in [0, 0.1) is 18.8 Å². The second kappa shape index (κ2) is 5.07. The Bertz CT molecular complexity index is 368. The van der Waals surface area contributed by atoms with Crippen molar-refractivity contribution in [3.8, 4) is 0 Å². The van der Waals surface area contributed by atoms with E-state index in [1.807, 2.05) is 11.3 Å². The monoisotopic (exact) mass is 250 g/mol. The average molecular weight is 250 g/mol. The first-order valence-corrected chi connectivity index (χ1v) is 7.85. The normalized spacial score (nSPS) is 30.9. The number of nitrogens with zero attached hydrogens (tertiary/aromatic N) is 1. The largest absolute Gasteiger partial charge is 0.316 e. The molecule has 0 aromatic carbocycles. The molecule has 2 heterocycles. The molecule has 1 aromatic heterocycles. The Kier molecular flexibility index (Phi) is 3.48.